The molecule has 0 fully saturated rings. The first kappa shape index (κ1) is 14.7. The van der Waals surface area contributed by atoms with Crippen LogP contribution in [0.1, 0.15) is 16.8 Å². The SMILES string of the molecule is Cc1cccc(OCc2[nH]cnc2-c2ccc(Cl)cc2)c1C. The molecular weight excluding hydrogens is 296 g/mol. The summed E-state index contributed by atoms with van der Waals surface area (Å²) in [4.78, 5) is 7.54. The van der Waals surface area contributed by atoms with E-state index in [9.17, 15) is 0 Å². The van der Waals surface area contributed by atoms with Crippen LogP contribution in [0.25, 0.3) is 11.3 Å². The summed E-state index contributed by atoms with van der Waals surface area (Å²) in [6, 6.07) is 13.7. The quantitative estimate of drug-likeness (QED) is 0.742. The Balaban J connectivity index is 1.81. The van der Waals surface area contributed by atoms with E-state index < -0.39 is 0 Å². The van der Waals surface area contributed by atoms with Crippen molar-refractivity contribution in [1.29, 1.82) is 0 Å². The number of nitrogens with zero attached hydrogens (tertiary/aromatic N) is 1. The van der Waals surface area contributed by atoms with E-state index in [1.807, 2.05) is 36.4 Å². The summed E-state index contributed by atoms with van der Waals surface area (Å²) in [5, 5.41) is 0.715. The fourth-order valence-corrected chi connectivity index (χ4v) is 2.44. The van der Waals surface area contributed by atoms with Gasteiger partial charge in [-0.25, -0.2) is 4.98 Å². The van der Waals surface area contributed by atoms with Crippen molar-refractivity contribution in [3.8, 4) is 17.0 Å². The van der Waals surface area contributed by atoms with Gasteiger partial charge in [-0.15, -0.1) is 0 Å². The molecule has 3 nitrogen and oxygen atoms in total. The molecule has 22 heavy (non-hydrogen) atoms. The van der Waals surface area contributed by atoms with Crippen molar-refractivity contribution < 1.29 is 4.74 Å². The minimum Gasteiger partial charge on any atom is -0.487 e. The van der Waals surface area contributed by atoms with Crippen molar-refractivity contribution in [3.05, 3.63) is 70.6 Å². The molecule has 0 spiro atoms. The average molecular weight is 313 g/mol. The van der Waals surface area contributed by atoms with Crippen molar-refractivity contribution >= 4 is 11.6 Å². The van der Waals surface area contributed by atoms with Crippen LogP contribution in [0.3, 0.4) is 0 Å². The Morgan fingerprint density at radius 3 is 2.64 bits per heavy atom. The predicted molar refractivity (Wildman–Crippen MR) is 89.3 cm³/mol. The van der Waals surface area contributed by atoms with Gasteiger partial charge in [0.2, 0.25) is 0 Å². The number of aryl methyl sites for hydroxylation is 1. The van der Waals surface area contributed by atoms with Crippen LogP contribution in [0.5, 0.6) is 5.75 Å². The van der Waals surface area contributed by atoms with Crippen molar-refractivity contribution in [3.63, 3.8) is 0 Å². The summed E-state index contributed by atoms with van der Waals surface area (Å²) >= 11 is 5.93. The van der Waals surface area contributed by atoms with E-state index in [1.165, 1.54) is 5.56 Å². The molecule has 0 bridgehead atoms. The lowest BCUT2D eigenvalue weighted by Gasteiger charge is -2.11. The Hall–Kier alpha value is -2.26. The number of hydrogen-bond donors (Lipinski definition) is 1. The number of imidazole rings is 1. The molecule has 3 rings (SSSR count). The molecule has 0 atom stereocenters. The normalized spacial score (nSPS) is 10.7. The molecule has 3 aromatic rings. The lowest BCUT2D eigenvalue weighted by Crippen LogP contribution is -2.00. The molecule has 1 heterocycles. The topological polar surface area (TPSA) is 37.9 Å². The zero-order valence-corrected chi connectivity index (χ0v) is 13.3. The first-order valence-corrected chi connectivity index (χ1v) is 7.50. The Bertz CT molecular complexity index is 778. The van der Waals surface area contributed by atoms with Gasteiger partial charge in [0, 0.05) is 10.6 Å². The van der Waals surface area contributed by atoms with Crippen molar-refractivity contribution in [2.45, 2.75) is 20.5 Å². The molecular formula is C18H17ClN2O. The maximum absolute atomic E-state index is 5.95. The van der Waals surface area contributed by atoms with E-state index in [2.05, 4.69) is 29.9 Å². The van der Waals surface area contributed by atoms with Crippen LogP contribution in [0.4, 0.5) is 0 Å². The van der Waals surface area contributed by atoms with Gasteiger partial charge in [-0.2, -0.15) is 0 Å². The second-order valence-corrected chi connectivity index (χ2v) is 5.66. The van der Waals surface area contributed by atoms with E-state index in [0.717, 1.165) is 28.3 Å². The fourth-order valence-electron chi connectivity index (χ4n) is 2.32. The number of ether oxygens (including phenoxy) is 1. The number of H-pyrrole nitrogens is 1. The molecule has 4 heteroatoms. The maximum Gasteiger partial charge on any atom is 0.130 e. The Kier molecular flexibility index (Phi) is 4.16. The smallest absolute Gasteiger partial charge is 0.130 e. The van der Waals surface area contributed by atoms with Gasteiger partial charge in [0.1, 0.15) is 12.4 Å². The third kappa shape index (κ3) is 3.00. The third-order valence-electron chi connectivity index (χ3n) is 3.76. The summed E-state index contributed by atoms with van der Waals surface area (Å²) < 4.78 is 5.95. The van der Waals surface area contributed by atoms with E-state index in [4.69, 9.17) is 16.3 Å². The molecule has 1 aromatic heterocycles. The highest BCUT2D eigenvalue weighted by Gasteiger charge is 2.10. The van der Waals surface area contributed by atoms with Crippen LogP contribution in [0.15, 0.2) is 48.8 Å². The predicted octanol–water partition coefficient (Wildman–Crippen LogP) is 4.93. The van der Waals surface area contributed by atoms with E-state index >= 15 is 0 Å². The van der Waals surface area contributed by atoms with Crippen LogP contribution in [-0.4, -0.2) is 9.97 Å². The molecule has 0 aliphatic rings. The number of aromatic amines is 1. The van der Waals surface area contributed by atoms with Gasteiger partial charge >= 0.3 is 0 Å². The highest BCUT2D eigenvalue weighted by atomic mass is 35.5. The largest absolute Gasteiger partial charge is 0.487 e. The van der Waals surface area contributed by atoms with Crippen LogP contribution in [0, 0.1) is 13.8 Å². The van der Waals surface area contributed by atoms with Gasteiger partial charge in [0.15, 0.2) is 0 Å². The summed E-state index contributed by atoms with van der Waals surface area (Å²) in [5.74, 6) is 0.900. The van der Waals surface area contributed by atoms with Crippen molar-refractivity contribution in [2.24, 2.45) is 0 Å². The van der Waals surface area contributed by atoms with Crippen LogP contribution < -0.4 is 4.74 Å². The van der Waals surface area contributed by atoms with Crippen LogP contribution in [0.2, 0.25) is 5.02 Å². The van der Waals surface area contributed by atoms with E-state index in [-0.39, 0.29) is 0 Å². The highest BCUT2D eigenvalue weighted by molar-refractivity contribution is 6.30. The number of nitrogens with one attached hydrogen (secondary N) is 1. The molecule has 1 N–H and O–H groups in total. The summed E-state index contributed by atoms with van der Waals surface area (Å²) in [6.07, 6.45) is 1.69. The molecule has 112 valence electrons. The van der Waals surface area contributed by atoms with Gasteiger partial charge in [-0.1, -0.05) is 35.9 Å². The zero-order valence-electron chi connectivity index (χ0n) is 12.6. The van der Waals surface area contributed by atoms with Crippen molar-refractivity contribution in [1.82, 2.24) is 9.97 Å². The van der Waals surface area contributed by atoms with Gasteiger partial charge in [0.05, 0.1) is 17.7 Å². The van der Waals surface area contributed by atoms with Gasteiger partial charge in [-0.05, 0) is 43.2 Å². The summed E-state index contributed by atoms with van der Waals surface area (Å²) in [5.41, 5.74) is 5.24. The number of halogens is 1. The standard InChI is InChI=1S/C18H17ClN2O/c1-12-4-3-5-17(13(12)2)22-10-16-18(21-11-20-16)14-6-8-15(19)9-7-14/h3-9,11H,10H2,1-2H3,(H,20,21). The highest BCUT2D eigenvalue weighted by Crippen LogP contribution is 2.25. The third-order valence-corrected chi connectivity index (χ3v) is 4.01. The molecule has 0 amide bonds. The second kappa shape index (κ2) is 6.24. The molecule has 0 saturated heterocycles. The van der Waals surface area contributed by atoms with Crippen LogP contribution >= 0.6 is 11.6 Å². The summed E-state index contributed by atoms with van der Waals surface area (Å²) in [7, 11) is 0. The van der Waals surface area contributed by atoms with Gasteiger partial charge in [0.25, 0.3) is 0 Å². The molecule has 0 aliphatic heterocycles. The first-order chi connectivity index (χ1) is 10.6. The summed E-state index contributed by atoms with van der Waals surface area (Å²) in [6.45, 7) is 4.59. The van der Waals surface area contributed by atoms with E-state index in [1.54, 1.807) is 6.33 Å². The molecule has 0 aliphatic carbocycles. The lowest BCUT2D eigenvalue weighted by atomic mass is 10.1. The molecule has 0 saturated carbocycles. The van der Waals surface area contributed by atoms with Gasteiger partial charge < -0.3 is 9.72 Å². The van der Waals surface area contributed by atoms with Crippen LogP contribution in [-0.2, 0) is 6.61 Å². The average Bonchev–Trinajstić information content (AvgIpc) is 2.98. The number of hydrogen-bond acceptors (Lipinski definition) is 2. The Morgan fingerprint density at radius 2 is 1.86 bits per heavy atom. The monoisotopic (exact) mass is 312 g/mol. The molecule has 0 radical (unpaired) electrons. The van der Waals surface area contributed by atoms with Crippen molar-refractivity contribution in [2.75, 3.05) is 0 Å². The number of benzene rings is 2. The van der Waals surface area contributed by atoms with E-state index in [0.29, 0.717) is 11.6 Å². The zero-order chi connectivity index (χ0) is 15.5. The molecule has 2 aromatic carbocycles. The minimum absolute atomic E-state index is 0.447. The van der Waals surface area contributed by atoms with Gasteiger partial charge in [-0.3, -0.25) is 0 Å². The maximum atomic E-state index is 5.95. The Labute approximate surface area is 134 Å². The number of rotatable bonds is 4. The number of aromatic nitrogens is 2. The second-order valence-electron chi connectivity index (χ2n) is 5.22. The lowest BCUT2D eigenvalue weighted by molar-refractivity contribution is 0.300. The minimum atomic E-state index is 0.447. The molecule has 0 unspecified atom stereocenters. The fraction of sp³-hybridized carbons (Fsp3) is 0.167. The first-order valence-electron chi connectivity index (χ1n) is 7.12. The Morgan fingerprint density at radius 1 is 1.09 bits per heavy atom.